The second-order valence-electron chi connectivity index (χ2n) is 3.66. The zero-order chi connectivity index (χ0) is 10.7. The van der Waals surface area contributed by atoms with E-state index in [1.807, 2.05) is 37.1 Å². The van der Waals surface area contributed by atoms with E-state index >= 15 is 0 Å². The minimum Gasteiger partial charge on any atom is -0.392 e. The first kappa shape index (κ1) is 11.3. The molecule has 2 nitrogen and oxygen atoms in total. The van der Waals surface area contributed by atoms with Gasteiger partial charge in [-0.05, 0) is 31.5 Å². The molecule has 0 spiro atoms. The summed E-state index contributed by atoms with van der Waals surface area (Å²) in [7, 11) is 1.94. The molecule has 0 radical (unpaired) electrons. The second-order valence-corrected chi connectivity index (χ2v) is 4.07. The maximum atomic E-state index is 9.23. The summed E-state index contributed by atoms with van der Waals surface area (Å²) in [6.07, 6.45) is -0.333. The van der Waals surface area contributed by atoms with Gasteiger partial charge in [-0.1, -0.05) is 17.7 Å². The zero-order valence-corrected chi connectivity index (χ0v) is 9.54. The van der Waals surface area contributed by atoms with Crippen molar-refractivity contribution in [3.8, 4) is 0 Å². The number of aliphatic hydroxyl groups excluding tert-OH is 1. The van der Waals surface area contributed by atoms with E-state index in [0.29, 0.717) is 6.54 Å². The van der Waals surface area contributed by atoms with Crippen LogP contribution < -0.4 is 4.90 Å². The monoisotopic (exact) mass is 213 g/mol. The Morgan fingerprint density at radius 1 is 1.50 bits per heavy atom. The highest BCUT2D eigenvalue weighted by atomic mass is 35.5. The third-order valence-electron chi connectivity index (χ3n) is 2.13. The fourth-order valence-corrected chi connectivity index (χ4v) is 1.50. The third-order valence-corrected chi connectivity index (χ3v) is 2.54. The summed E-state index contributed by atoms with van der Waals surface area (Å²) in [5.41, 5.74) is 2.10. The molecule has 0 aromatic heterocycles. The van der Waals surface area contributed by atoms with E-state index in [-0.39, 0.29) is 6.10 Å². The number of hydrogen-bond donors (Lipinski definition) is 1. The smallest absolute Gasteiger partial charge is 0.0686 e. The summed E-state index contributed by atoms with van der Waals surface area (Å²) in [6, 6.07) is 5.90. The molecular weight excluding hydrogens is 198 g/mol. The van der Waals surface area contributed by atoms with E-state index in [9.17, 15) is 5.11 Å². The lowest BCUT2D eigenvalue weighted by Gasteiger charge is -2.21. The molecule has 0 aliphatic carbocycles. The van der Waals surface area contributed by atoms with Gasteiger partial charge in [-0.3, -0.25) is 0 Å². The van der Waals surface area contributed by atoms with Gasteiger partial charge in [-0.15, -0.1) is 0 Å². The quantitative estimate of drug-likeness (QED) is 0.834. The normalized spacial score (nSPS) is 12.6. The number of aryl methyl sites for hydroxylation is 1. The van der Waals surface area contributed by atoms with Gasteiger partial charge in [0.15, 0.2) is 0 Å². The van der Waals surface area contributed by atoms with Crippen molar-refractivity contribution in [3.05, 3.63) is 28.8 Å². The first-order valence-electron chi connectivity index (χ1n) is 4.66. The molecule has 1 aromatic carbocycles. The van der Waals surface area contributed by atoms with Crippen LogP contribution >= 0.6 is 11.6 Å². The van der Waals surface area contributed by atoms with Crippen molar-refractivity contribution in [1.29, 1.82) is 0 Å². The summed E-state index contributed by atoms with van der Waals surface area (Å²) in [5.74, 6) is 0. The Morgan fingerprint density at radius 3 is 2.64 bits per heavy atom. The Balaban J connectivity index is 2.80. The Hall–Kier alpha value is -0.730. The predicted octanol–water partition coefficient (Wildman–Crippen LogP) is 2.47. The molecule has 0 saturated heterocycles. The molecule has 1 atom stereocenters. The highest BCUT2D eigenvalue weighted by Gasteiger charge is 2.05. The molecule has 1 N–H and O–H groups in total. The molecule has 3 heteroatoms. The molecule has 0 saturated carbocycles. The van der Waals surface area contributed by atoms with E-state index in [1.165, 1.54) is 0 Å². The summed E-state index contributed by atoms with van der Waals surface area (Å²) in [6.45, 7) is 4.35. The number of nitrogens with zero attached hydrogens (tertiary/aromatic N) is 1. The van der Waals surface area contributed by atoms with E-state index in [2.05, 4.69) is 0 Å². The van der Waals surface area contributed by atoms with Crippen LogP contribution in [0, 0.1) is 6.92 Å². The third kappa shape index (κ3) is 2.89. The van der Waals surface area contributed by atoms with Gasteiger partial charge in [0.05, 0.1) is 6.10 Å². The van der Waals surface area contributed by atoms with Gasteiger partial charge in [0, 0.05) is 24.3 Å². The molecule has 0 amide bonds. The molecule has 14 heavy (non-hydrogen) atoms. The maximum Gasteiger partial charge on any atom is 0.0686 e. The highest BCUT2D eigenvalue weighted by Crippen LogP contribution is 2.22. The molecule has 78 valence electrons. The lowest BCUT2D eigenvalue weighted by atomic mass is 10.2. The summed E-state index contributed by atoms with van der Waals surface area (Å²) in [4.78, 5) is 1.98. The molecule has 1 unspecified atom stereocenters. The maximum absolute atomic E-state index is 9.23. The Labute approximate surface area is 90.1 Å². The van der Waals surface area contributed by atoms with Crippen LogP contribution in [0.4, 0.5) is 5.69 Å². The van der Waals surface area contributed by atoms with Gasteiger partial charge in [0.1, 0.15) is 0 Å². The van der Waals surface area contributed by atoms with Crippen LogP contribution in [0.3, 0.4) is 0 Å². The van der Waals surface area contributed by atoms with Gasteiger partial charge in [0.2, 0.25) is 0 Å². The van der Waals surface area contributed by atoms with Gasteiger partial charge in [-0.25, -0.2) is 0 Å². The first-order chi connectivity index (χ1) is 6.50. The minimum absolute atomic E-state index is 0.333. The van der Waals surface area contributed by atoms with Gasteiger partial charge < -0.3 is 10.0 Å². The fraction of sp³-hybridized carbons (Fsp3) is 0.455. The van der Waals surface area contributed by atoms with E-state index in [1.54, 1.807) is 6.92 Å². The van der Waals surface area contributed by atoms with Crippen molar-refractivity contribution in [2.75, 3.05) is 18.5 Å². The largest absolute Gasteiger partial charge is 0.392 e. The zero-order valence-electron chi connectivity index (χ0n) is 8.79. The molecule has 0 heterocycles. The Bertz CT molecular complexity index is 312. The number of aliphatic hydroxyl groups is 1. The fourth-order valence-electron chi connectivity index (χ4n) is 1.32. The summed E-state index contributed by atoms with van der Waals surface area (Å²) in [5, 5.41) is 10.00. The molecule has 1 rings (SSSR count). The second kappa shape index (κ2) is 4.67. The molecule has 1 aromatic rings. The standard InChI is InChI=1S/C11H16ClNO/c1-8-4-5-10(6-11(8)12)13(3)7-9(2)14/h4-6,9,14H,7H2,1-3H3. The van der Waals surface area contributed by atoms with Crippen LogP contribution in [-0.4, -0.2) is 24.8 Å². The molecular formula is C11H16ClNO. The number of halogens is 1. The van der Waals surface area contributed by atoms with Crippen LogP contribution in [0.25, 0.3) is 0 Å². The van der Waals surface area contributed by atoms with Gasteiger partial charge in [-0.2, -0.15) is 0 Å². The van der Waals surface area contributed by atoms with E-state index in [0.717, 1.165) is 16.3 Å². The Kier molecular flexibility index (Phi) is 3.78. The number of anilines is 1. The van der Waals surface area contributed by atoms with E-state index in [4.69, 9.17) is 11.6 Å². The van der Waals surface area contributed by atoms with Crippen molar-refractivity contribution in [3.63, 3.8) is 0 Å². The number of rotatable bonds is 3. The van der Waals surface area contributed by atoms with Gasteiger partial charge in [0.25, 0.3) is 0 Å². The Morgan fingerprint density at radius 2 is 2.14 bits per heavy atom. The number of likely N-dealkylation sites (N-methyl/N-ethyl adjacent to an activating group) is 1. The molecule has 0 aliphatic heterocycles. The van der Waals surface area contributed by atoms with Crippen molar-refractivity contribution >= 4 is 17.3 Å². The van der Waals surface area contributed by atoms with E-state index < -0.39 is 0 Å². The van der Waals surface area contributed by atoms with Crippen LogP contribution in [0.2, 0.25) is 5.02 Å². The SMILES string of the molecule is Cc1ccc(N(C)CC(C)O)cc1Cl. The van der Waals surface area contributed by atoms with Crippen LogP contribution in [0.1, 0.15) is 12.5 Å². The highest BCUT2D eigenvalue weighted by molar-refractivity contribution is 6.31. The van der Waals surface area contributed by atoms with Crippen LogP contribution in [-0.2, 0) is 0 Å². The lowest BCUT2D eigenvalue weighted by Crippen LogP contribution is -2.26. The van der Waals surface area contributed by atoms with Crippen LogP contribution in [0.5, 0.6) is 0 Å². The number of hydrogen-bond acceptors (Lipinski definition) is 2. The molecule has 0 bridgehead atoms. The summed E-state index contributed by atoms with van der Waals surface area (Å²) < 4.78 is 0. The average Bonchev–Trinajstić information content (AvgIpc) is 2.08. The molecule has 0 aliphatic rings. The summed E-state index contributed by atoms with van der Waals surface area (Å²) >= 11 is 6.01. The predicted molar refractivity (Wildman–Crippen MR) is 61.1 cm³/mol. The van der Waals surface area contributed by atoms with Crippen molar-refractivity contribution in [2.45, 2.75) is 20.0 Å². The van der Waals surface area contributed by atoms with Gasteiger partial charge >= 0.3 is 0 Å². The lowest BCUT2D eigenvalue weighted by molar-refractivity contribution is 0.201. The van der Waals surface area contributed by atoms with Crippen molar-refractivity contribution in [1.82, 2.24) is 0 Å². The number of benzene rings is 1. The topological polar surface area (TPSA) is 23.5 Å². The van der Waals surface area contributed by atoms with Crippen molar-refractivity contribution < 1.29 is 5.11 Å². The minimum atomic E-state index is -0.333. The first-order valence-corrected chi connectivity index (χ1v) is 5.04. The van der Waals surface area contributed by atoms with Crippen molar-refractivity contribution in [2.24, 2.45) is 0 Å². The molecule has 0 fully saturated rings. The average molecular weight is 214 g/mol. The van der Waals surface area contributed by atoms with Crippen LogP contribution in [0.15, 0.2) is 18.2 Å².